The van der Waals surface area contributed by atoms with Gasteiger partial charge in [-0.1, -0.05) is 42.8 Å². The largest absolute Gasteiger partial charge is 0.490 e. The summed E-state index contributed by atoms with van der Waals surface area (Å²) in [5.41, 5.74) is 2.19. The third-order valence-corrected chi connectivity index (χ3v) is 10.8. The Hall–Kier alpha value is -4.80. The number of nitro groups is 1. The van der Waals surface area contributed by atoms with Crippen molar-refractivity contribution < 1.29 is 53.6 Å². The summed E-state index contributed by atoms with van der Waals surface area (Å²) in [5.74, 6) is -1.07. The fraction of sp³-hybridized carbons (Fsp3) is 0.524. The molecule has 6 atom stereocenters. The lowest BCUT2D eigenvalue weighted by atomic mass is 9.55. The Balaban J connectivity index is 1.73. The van der Waals surface area contributed by atoms with Crippen molar-refractivity contribution in [2.75, 3.05) is 59.9 Å². The number of non-ortho nitro benzene ring substituents is 1. The molecule has 15 nitrogen and oxygen atoms in total. The number of hydrogen-bond donors (Lipinski definition) is 3. The van der Waals surface area contributed by atoms with Crippen molar-refractivity contribution in [3.63, 3.8) is 0 Å². The van der Waals surface area contributed by atoms with E-state index in [1.165, 1.54) is 36.3 Å². The highest BCUT2D eigenvalue weighted by atomic mass is 16.7. The number of carbonyl (C=O) groups is 1. The molecule has 2 aromatic carbocycles. The molecule has 0 bridgehead atoms. The molecule has 1 heterocycles. The third kappa shape index (κ3) is 10.0. The maximum absolute atomic E-state index is 14.5. The lowest BCUT2D eigenvalue weighted by Gasteiger charge is -2.59. The lowest BCUT2D eigenvalue weighted by molar-refractivity contribution is -0.384. The van der Waals surface area contributed by atoms with Crippen LogP contribution in [-0.2, 0) is 14.3 Å². The predicted octanol–water partition coefficient (Wildman–Crippen LogP) is 5.93. The van der Waals surface area contributed by atoms with E-state index in [9.17, 15) is 30.2 Å². The quantitative estimate of drug-likeness (QED) is 0.0521. The van der Waals surface area contributed by atoms with Crippen molar-refractivity contribution in [2.24, 2.45) is 22.9 Å². The number of nitrogens with zero attached hydrogens (tertiary/aromatic N) is 3. The van der Waals surface area contributed by atoms with Gasteiger partial charge >= 0.3 is 6.09 Å². The van der Waals surface area contributed by atoms with Crippen molar-refractivity contribution in [3.05, 3.63) is 95.1 Å². The highest BCUT2D eigenvalue weighted by Gasteiger charge is 2.65. The second-order valence-electron chi connectivity index (χ2n) is 14.2. The van der Waals surface area contributed by atoms with Gasteiger partial charge in [0.2, 0.25) is 5.79 Å². The van der Waals surface area contributed by atoms with Crippen molar-refractivity contribution in [1.29, 1.82) is 0 Å². The van der Waals surface area contributed by atoms with Gasteiger partial charge in [0.25, 0.3) is 5.69 Å². The van der Waals surface area contributed by atoms with E-state index in [0.29, 0.717) is 36.7 Å². The zero-order valence-electron chi connectivity index (χ0n) is 32.5. The molecule has 0 radical (unpaired) electrons. The first-order valence-corrected chi connectivity index (χ1v) is 19.5. The Morgan fingerprint density at radius 2 is 1.72 bits per heavy atom. The van der Waals surface area contributed by atoms with Crippen LogP contribution in [0.25, 0.3) is 0 Å². The van der Waals surface area contributed by atoms with Crippen LogP contribution in [0.5, 0.6) is 17.2 Å². The molecule has 3 N–H and O–H groups in total. The number of amides is 1. The average Bonchev–Trinajstić information content (AvgIpc) is 3.21. The number of fused-ring (bicyclic) bond motifs is 2. The molecule has 310 valence electrons. The van der Waals surface area contributed by atoms with Gasteiger partial charge in [0.15, 0.2) is 0 Å². The number of ether oxygens (including phenoxy) is 5. The zero-order valence-corrected chi connectivity index (χ0v) is 32.5. The second-order valence-corrected chi connectivity index (χ2v) is 14.2. The highest BCUT2D eigenvalue weighted by molar-refractivity contribution is 6.03. The van der Waals surface area contributed by atoms with Gasteiger partial charge in [-0.15, -0.1) is 6.58 Å². The Bertz CT molecular complexity index is 1730. The van der Waals surface area contributed by atoms with Crippen LogP contribution in [0.3, 0.4) is 0 Å². The summed E-state index contributed by atoms with van der Waals surface area (Å²) in [4.78, 5) is 32.3. The van der Waals surface area contributed by atoms with Crippen LogP contribution in [0.4, 0.5) is 10.5 Å². The normalized spacial score (nSPS) is 24.0. The van der Waals surface area contributed by atoms with Gasteiger partial charge in [-0.3, -0.25) is 15.0 Å². The van der Waals surface area contributed by atoms with Crippen molar-refractivity contribution in [2.45, 2.75) is 62.7 Å². The van der Waals surface area contributed by atoms with E-state index in [2.05, 4.69) is 24.4 Å². The first-order chi connectivity index (χ1) is 27.8. The minimum Gasteiger partial charge on any atom is -0.490 e. The number of nitro benzene ring substituents is 1. The molecule has 1 saturated carbocycles. The van der Waals surface area contributed by atoms with Gasteiger partial charge < -0.3 is 43.8 Å². The van der Waals surface area contributed by atoms with E-state index >= 15 is 0 Å². The van der Waals surface area contributed by atoms with Gasteiger partial charge in [0.1, 0.15) is 37.0 Å². The fourth-order valence-electron chi connectivity index (χ4n) is 8.50. The first-order valence-electron chi connectivity index (χ1n) is 19.5. The van der Waals surface area contributed by atoms with Crippen LogP contribution in [0, 0.1) is 27.9 Å². The van der Waals surface area contributed by atoms with Gasteiger partial charge in [-0.05, 0) is 73.4 Å². The molecule has 1 amide bonds. The fourth-order valence-corrected chi connectivity index (χ4v) is 8.50. The second kappa shape index (κ2) is 21.1. The van der Waals surface area contributed by atoms with E-state index in [-0.39, 0.29) is 81.8 Å². The zero-order chi connectivity index (χ0) is 40.8. The molecule has 2 aromatic rings. The average molecular weight is 794 g/mol. The van der Waals surface area contributed by atoms with Gasteiger partial charge in [-0.2, -0.15) is 0 Å². The first kappa shape index (κ1) is 43.3. The van der Waals surface area contributed by atoms with Gasteiger partial charge in [0, 0.05) is 49.8 Å². The van der Waals surface area contributed by atoms with Gasteiger partial charge in [-0.25, -0.2) is 4.79 Å². The molecule has 0 saturated heterocycles. The van der Waals surface area contributed by atoms with Crippen LogP contribution in [0.1, 0.15) is 56.4 Å². The monoisotopic (exact) mass is 793 g/mol. The molecule has 0 spiro atoms. The number of benzene rings is 2. The number of hydrogen-bond acceptors (Lipinski definition) is 13. The molecular formula is C42H55N3O12. The molecule has 57 heavy (non-hydrogen) atoms. The van der Waals surface area contributed by atoms with Crippen LogP contribution in [0.15, 0.2) is 84.6 Å². The third-order valence-electron chi connectivity index (χ3n) is 10.8. The highest BCUT2D eigenvalue weighted by Crippen LogP contribution is 2.62. The molecular weight excluding hydrogens is 738 g/mol. The number of aliphatic hydroxyl groups excluding tert-OH is 3. The summed E-state index contributed by atoms with van der Waals surface area (Å²) in [6.07, 6.45) is 9.22. The molecule has 3 aliphatic rings. The minimum atomic E-state index is -1.55. The van der Waals surface area contributed by atoms with Crippen LogP contribution in [-0.4, -0.2) is 109 Å². The summed E-state index contributed by atoms with van der Waals surface area (Å²) in [6.45, 7) is 8.06. The van der Waals surface area contributed by atoms with Crippen molar-refractivity contribution in [1.82, 2.24) is 4.90 Å². The Kier molecular flexibility index (Phi) is 16.0. The Labute approximate surface area is 333 Å². The minimum absolute atomic E-state index is 0.00365. The van der Waals surface area contributed by atoms with Crippen LogP contribution < -0.4 is 14.2 Å². The maximum atomic E-state index is 14.5. The van der Waals surface area contributed by atoms with E-state index in [4.69, 9.17) is 28.5 Å². The lowest BCUT2D eigenvalue weighted by Crippen LogP contribution is -2.70. The molecule has 15 heteroatoms. The van der Waals surface area contributed by atoms with Crippen molar-refractivity contribution >= 4 is 17.5 Å². The van der Waals surface area contributed by atoms with E-state index in [1.54, 1.807) is 12.2 Å². The number of aliphatic hydroxyl groups is 3. The number of allylic oxidation sites excluding steroid dienone is 1. The van der Waals surface area contributed by atoms with E-state index in [1.807, 2.05) is 18.2 Å². The molecule has 5 rings (SSSR count). The molecule has 2 aliphatic carbocycles. The van der Waals surface area contributed by atoms with E-state index in [0.717, 1.165) is 36.8 Å². The summed E-state index contributed by atoms with van der Waals surface area (Å²) in [6, 6.07) is 9.97. The number of carbonyl (C=O) groups excluding carboxylic acids is 1. The Morgan fingerprint density at radius 3 is 2.39 bits per heavy atom. The molecule has 6 unspecified atom stereocenters. The Morgan fingerprint density at radius 1 is 1.00 bits per heavy atom. The number of rotatable bonds is 23. The number of oxime groups is 1. The summed E-state index contributed by atoms with van der Waals surface area (Å²) in [7, 11) is 1.47. The van der Waals surface area contributed by atoms with Crippen LogP contribution >= 0.6 is 0 Å². The van der Waals surface area contributed by atoms with Gasteiger partial charge in [0.05, 0.1) is 43.0 Å². The van der Waals surface area contributed by atoms with Crippen molar-refractivity contribution in [3.8, 4) is 17.2 Å². The SMILES string of the molecule is C=CCOc1ccc2c(c1)C1C(CCCCO)C(CCCCO)C=C3C(=NOC)CC(N(CCOCCO)C(=O)Oc4ccc([N+](=O)[O-])cc4)C(OCC=C)(O2)C31. The molecule has 1 aliphatic heterocycles. The topological polar surface area (TPSA) is 192 Å². The summed E-state index contributed by atoms with van der Waals surface area (Å²) < 4.78 is 31.7. The van der Waals surface area contributed by atoms with Crippen LogP contribution in [0.2, 0.25) is 0 Å². The standard InChI is InChI=1S/C42H55N3O12/c1-4-22-54-32-16-17-37-35(27-32)39-33(11-7-9-20-47)29(10-6-8-19-46)26-34-36(43-52-3)28-38(42(57-37,40(34)39)55-23-5-2)44(18-24-53-25-21-48)41(49)56-31-14-12-30(13-15-31)45(50)51/h4-5,12-17,26-27,29,33,38-40,46-48H,1-2,6-11,18-25,28H2,3H3. The summed E-state index contributed by atoms with van der Waals surface area (Å²) >= 11 is 0. The predicted molar refractivity (Wildman–Crippen MR) is 211 cm³/mol. The maximum Gasteiger partial charge on any atom is 0.415 e. The molecule has 1 fully saturated rings. The smallest absolute Gasteiger partial charge is 0.415 e. The number of unbranched alkanes of at least 4 members (excludes halogenated alkanes) is 2. The van der Waals surface area contributed by atoms with E-state index < -0.39 is 28.8 Å². The molecule has 0 aromatic heterocycles. The summed E-state index contributed by atoms with van der Waals surface area (Å²) in [5, 5.41) is 45.0.